The van der Waals surface area contributed by atoms with Crippen LogP contribution in [0.25, 0.3) is 0 Å². The quantitative estimate of drug-likeness (QED) is 0.311. The molecule has 0 bridgehead atoms. The maximum Gasteiger partial charge on any atom is 0.264 e. The van der Waals surface area contributed by atoms with E-state index < -0.39 is 15.9 Å². The fourth-order valence-corrected chi connectivity index (χ4v) is 5.78. The van der Waals surface area contributed by atoms with Crippen LogP contribution in [0.3, 0.4) is 0 Å². The van der Waals surface area contributed by atoms with Crippen molar-refractivity contribution < 1.29 is 17.6 Å². The van der Waals surface area contributed by atoms with Gasteiger partial charge in [0.2, 0.25) is 5.91 Å². The van der Waals surface area contributed by atoms with E-state index in [-0.39, 0.29) is 17.3 Å². The average molecular weight is 566 g/mol. The molecule has 34 heavy (non-hydrogen) atoms. The van der Waals surface area contributed by atoms with Gasteiger partial charge < -0.3 is 5.32 Å². The summed E-state index contributed by atoms with van der Waals surface area (Å²) in [6.45, 7) is 1.95. The summed E-state index contributed by atoms with van der Waals surface area (Å²) < 4.78 is 42.3. The highest BCUT2D eigenvalue weighted by molar-refractivity contribution is 9.10. The molecule has 0 unspecified atom stereocenters. The summed E-state index contributed by atoms with van der Waals surface area (Å²) in [5.41, 5.74) is 2.00. The molecule has 0 spiro atoms. The number of aryl methyl sites for hydroxylation is 1. The zero-order valence-electron chi connectivity index (χ0n) is 18.7. The normalized spacial score (nSPS) is 11.3. The van der Waals surface area contributed by atoms with Crippen LogP contribution in [-0.4, -0.2) is 33.2 Å². The number of amides is 1. The van der Waals surface area contributed by atoms with Gasteiger partial charge in [0, 0.05) is 16.8 Å². The second kappa shape index (κ2) is 12.4. The van der Waals surface area contributed by atoms with E-state index in [2.05, 4.69) is 21.2 Å². The zero-order valence-corrected chi connectivity index (χ0v) is 21.9. The van der Waals surface area contributed by atoms with Gasteiger partial charge >= 0.3 is 0 Å². The molecule has 0 radical (unpaired) electrons. The molecule has 1 N–H and O–H groups in total. The number of nitrogens with one attached hydrogen (secondary N) is 1. The lowest BCUT2D eigenvalue weighted by Crippen LogP contribution is -2.41. The van der Waals surface area contributed by atoms with Crippen molar-refractivity contribution in [1.29, 1.82) is 0 Å². The van der Waals surface area contributed by atoms with Gasteiger partial charge in [-0.15, -0.1) is 0 Å². The molecule has 0 fully saturated rings. The average Bonchev–Trinajstić information content (AvgIpc) is 2.82. The van der Waals surface area contributed by atoms with Gasteiger partial charge in [0.1, 0.15) is 12.4 Å². The van der Waals surface area contributed by atoms with Crippen molar-refractivity contribution >= 4 is 49.3 Å². The van der Waals surface area contributed by atoms with E-state index in [1.165, 1.54) is 6.07 Å². The van der Waals surface area contributed by atoms with E-state index in [9.17, 15) is 17.6 Å². The Morgan fingerprint density at radius 2 is 1.71 bits per heavy atom. The van der Waals surface area contributed by atoms with Crippen LogP contribution in [0.5, 0.6) is 0 Å². The first kappa shape index (κ1) is 26.2. The predicted octanol–water partition coefficient (Wildman–Crippen LogP) is 5.53. The number of sulfonamides is 1. The Morgan fingerprint density at radius 3 is 2.38 bits per heavy atom. The topological polar surface area (TPSA) is 66.5 Å². The zero-order chi connectivity index (χ0) is 24.6. The van der Waals surface area contributed by atoms with E-state index in [1.807, 2.05) is 6.92 Å². The molecule has 0 heterocycles. The number of nitrogens with zero attached hydrogens (tertiary/aromatic N) is 1. The minimum atomic E-state index is -3.94. The molecule has 180 valence electrons. The molecule has 1 amide bonds. The van der Waals surface area contributed by atoms with Gasteiger partial charge in [-0.05, 0) is 67.1 Å². The van der Waals surface area contributed by atoms with Gasteiger partial charge in [-0.3, -0.25) is 9.10 Å². The Hall–Kier alpha value is -2.36. The molecule has 0 aliphatic heterocycles. The molecule has 0 aromatic heterocycles. The first-order chi connectivity index (χ1) is 16.3. The molecule has 0 aliphatic rings. The summed E-state index contributed by atoms with van der Waals surface area (Å²) in [6, 6.07) is 20.0. The van der Waals surface area contributed by atoms with Crippen LogP contribution >= 0.6 is 27.7 Å². The summed E-state index contributed by atoms with van der Waals surface area (Å²) >= 11 is 4.94. The number of carbonyl (C=O) groups excluding carboxylic acids is 1. The molecule has 0 saturated carbocycles. The van der Waals surface area contributed by atoms with Crippen LogP contribution in [0.4, 0.5) is 10.1 Å². The standard InChI is InChI=1S/C25H26BrFN2O3S2/c1-19-7-13-23(14-8-19)34(31,32)29(22-11-9-21(26)10-12-22)17-25(30)28-15-4-16-33-18-20-5-2-3-6-24(20)27/h2-3,5-14H,4,15-18H2,1H3,(H,28,30). The van der Waals surface area contributed by atoms with Crippen molar-refractivity contribution in [3.8, 4) is 0 Å². The summed E-state index contributed by atoms with van der Waals surface area (Å²) in [5, 5.41) is 2.80. The number of carbonyl (C=O) groups is 1. The number of halogens is 2. The Kier molecular flexibility index (Phi) is 9.55. The molecular weight excluding hydrogens is 539 g/mol. The van der Waals surface area contributed by atoms with Gasteiger partial charge in [0.15, 0.2) is 0 Å². The molecule has 3 aromatic carbocycles. The fraction of sp³-hybridized carbons (Fsp3) is 0.240. The fourth-order valence-electron chi connectivity index (χ4n) is 3.15. The van der Waals surface area contributed by atoms with Crippen LogP contribution in [0.2, 0.25) is 0 Å². The van der Waals surface area contributed by atoms with E-state index >= 15 is 0 Å². The lowest BCUT2D eigenvalue weighted by molar-refractivity contribution is -0.119. The number of benzene rings is 3. The first-order valence-corrected chi connectivity index (χ1v) is 14.1. The minimum Gasteiger partial charge on any atom is -0.354 e. The SMILES string of the molecule is Cc1ccc(S(=O)(=O)N(CC(=O)NCCCSCc2ccccc2F)c2ccc(Br)cc2)cc1. The maximum absolute atomic E-state index is 13.7. The molecule has 0 atom stereocenters. The van der Waals surface area contributed by atoms with Crippen molar-refractivity contribution in [3.63, 3.8) is 0 Å². The van der Waals surface area contributed by atoms with Crippen LogP contribution in [-0.2, 0) is 20.6 Å². The van der Waals surface area contributed by atoms with Crippen LogP contribution < -0.4 is 9.62 Å². The third-order valence-electron chi connectivity index (χ3n) is 5.01. The Labute approximate surface area is 212 Å². The lowest BCUT2D eigenvalue weighted by Gasteiger charge is -2.24. The molecule has 3 aromatic rings. The van der Waals surface area contributed by atoms with Crippen molar-refractivity contribution in [2.24, 2.45) is 0 Å². The van der Waals surface area contributed by atoms with Crippen LogP contribution in [0.1, 0.15) is 17.5 Å². The summed E-state index contributed by atoms with van der Waals surface area (Å²) in [7, 11) is -3.94. The number of rotatable bonds is 11. The molecule has 9 heteroatoms. The van der Waals surface area contributed by atoms with Crippen LogP contribution in [0.15, 0.2) is 82.2 Å². The van der Waals surface area contributed by atoms with Crippen LogP contribution in [0, 0.1) is 12.7 Å². The summed E-state index contributed by atoms with van der Waals surface area (Å²) in [4.78, 5) is 12.8. The van der Waals surface area contributed by atoms with Gasteiger partial charge in [0.25, 0.3) is 10.0 Å². The third kappa shape index (κ3) is 7.32. The minimum absolute atomic E-state index is 0.123. The summed E-state index contributed by atoms with van der Waals surface area (Å²) in [5.74, 6) is 0.697. The number of hydrogen-bond donors (Lipinski definition) is 1. The van der Waals surface area contributed by atoms with Crippen molar-refractivity contribution in [3.05, 3.63) is 94.2 Å². The van der Waals surface area contributed by atoms with E-state index in [1.54, 1.807) is 78.5 Å². The molecular formula is C25H26BrFN2O3S2. The number of hydrogen-bond acceptors (Lipinski definition) is 4. The van der Waals surface area contributed by atoms with E-state index in [0.717, 1.165) is 20.1 Å². The van der Waals surface area contributed by atoms with E-state index in [0.29, 0.717) is 30.0 Å². The van der Waals surface area contributed by atoms with Gasteiger partial charge in [0.05, 0.1) is 10.6 Å². The van der Waals surface area contributed by atoms with Gasteiger partial charge in [-0.1, -0.05) is 51.8 Å². The van der Waals surface area contributed by atoms with Gasteiger partial charge in [-0.2, -0.15) is 11.8 Å². The lowest BCUT2D eigenvalue weighted by atomic mass is 10.2. The number of anilines is 1. The number of thioether (sulfide) groups is 1. The van der Waals surface area contributed by atoms with Crippen molar-refractivity contribution in [1.82, 2.24) is 5.32 Å². The van der Waals surface area contributed by atoms with Gasteiger partial charge in [-0.25, -0.2) is 12.8 Å². The predicted molar refractivity (Wildman–Crippen MR) is 140 cm³/mol. The third-order valence-corrected chi connectivity index (χ3v) is 8.42. The van der Waals surface area contributed by atoms with Crippen molar-refractivity contribution in [2.45, 2.75) is 24.0 Å². The first-order valence-electron chi connectivity index (χ1n) is 10.7. The monoisotopic (exact) mass is 564 g/mol. The highest BCUT2D eigenvalue weighted by atomic mass is 79.9. The molecule has 5 nitrogen and oxygen atoms in total. The highest BCUT2D eigenvalue weighted by Crippen LogP contribution is 2.25. The smallest absolute Gasteiger partial charge is 0.264 e. The summed E-state index contributed by atoms with van der Waals surface area (Å²) in [6.07, 6.45) is 0.688. The molecule has 0 saturated heterocycles. The largest absolute Gasteiger partial charge is 0.354 e. The highest BCUT2D eigenvalue weighted by Gasteiger charge is 2.27. The maximum atomic E-state index is 13.7. The van der Waals surface area contributed by atoms with E-state index in [4.69, 9.17) is 0 Å². The second-order valence-electron chi connectivity index (χ2n) is 7.65. The van der Waals surface area contributed by atoms with Crippen molar-refractivity contribution in [2.75, 3.05) is 23.1 Å². The molecule has 0 aliphatic carbocycles. The molecule has 3 rings (SSSR count). The Balaban J connectivity index is 1.59. The second-order valence-corrected chi connectivity index (χ2v) is 11.5. The Bertz CT molecular complexity index is 1200. The Morgan fingerprint density at radius 1 is 1.03 bits per heavy atom.